The molecular weight excluding hydrogens is 701 g/mol. The zero-order valence-electron chi connectivity index (χ0n) is 34.7. The van der Waals surface area contributed by atoms with E-state index in [0.717, 1.165) is 57.8 Å². The Labute approximate surface area is 329 Å². The average Bonchev–Trinajstić information content (AvgIpc) is 3.12. The number of phosphoric acid groups is 1. The molecule has 0 fully saturated rings. The standard InChI is InChI=1S/C44H76NO8P/c1-6-8-10-12-14-16-18-20-22-24-26-28-30-32-34-36-43(46)50-40-42(41-52-54(48,49)51-39-38-45(3,4)5)53-44(47)37-35-33-31-29-27-25-23-21-19-17-15-13-11-9-7-2/h9,11,15,17,20-23,27,29,33,35,42H,6-8,10,12-14,16,18-19,24-26,28,30-32,34,36-41H2,1-5H3/p+1/b11-9-,17-15-,22-20-,23-21-,29-27-,35-33-. The molecule has 9 nitrogen and oxygen atoms in total. The van der Waals surface area contributed by atoms with Crippen LogP contribution in [0.4, 0.5) is 0 Å². The molecule has 54 heavy (non-hydrogen) atoms. The second-order valence-corrected chi connectivity index (χ2v) is 16.1. The van der Waals surface area contributed by atoms with E-state index in [0.29, 0.717) is 23.9 Å². The number of hydrogen-bond acceptors (Lipinski definition) is 7. The SMILES string of the molecule is CC/C=C\C/C=C\C/C=C\C/C=C\C/C=C\CC(=O)OC(COC(=O)CCCCCCC/C=C\CCCCCCCC)COP(=O)(O)OCC[N+](C)(C)C. The number of likely N-dealkylation sites (N-methyl/N-ethyl adjacent to an activating group) is 1. The summed E-state index contributed by atoms with van der Waals surface area (Å²) in [6.07, 6.45) is 44.1. The van der Waals surface area contributed by atoms with Crippen LogP contribution in [0.25, 0.3) is 0 Å². The first-order chi connectivity index (χ1) is 26.0. The quantitative estimate of drug-likeness (QED) is 0.0220. The van der Waals surface area contributed by atoms with Gasteiger partial charge in [-0.1, -0.05) is 138 Å². The summed E-state index contributed by atoms with van der Waals surface area (Å²) in [5, 5.41) is 0. The number of esters is 2. The van der Waals surface area contributed by atoms with Gasteiger partial charge < -0.3 is 18.9 Å². The number of rotatable bonds is 36. The third-order valence-corrected chi connectivity index (χ3v) is 9.24. The third kappa shape index (κ3) is 39.2. The van der Waals surface area contributed by atoms with Crippen LogP contribution in [-0.4, -0.2) is 74.9 Å². The van der Waals surface area contributed by atoms with Gasteiger partial charge in [-0.15, -0.1) is 0 Å². The summed E-state index contributed by atoms with van der Waals surface area (Å²) in [5.41, 5.74) is 0. The summed E-state index contributed by atoms with van der Waals surface area (Å²) in [5.74, 6) is -0.963. The van der Waals surface area contributed by atoms with Gasteiger partial charge in [0.25, 0.3) is 0 Å². The Bertz CT molecular complexity index is 1150. The number of allylic oxidation sites excluding steroid dienone is 11. The van der Waals surface area contributed by atoms with Crippen LogP contribution in [0.2, 0.25) is 0 Å². The number of quaternary nitrogens is 1. The van der Waals surface area contributed by atoms with Crippen LogP contribution in [0.1, 0.15) is 142 Å². The van der Waals surface area contributed by atoms with Crippen LogP contribution in [0.5, 0.6) is 0 Å². The highest BCUT2D eigenvalue weighted by atomic mass is 31.2. The third-order valence-electron chi connectivity index (χ3n) is 8.25. The van der Waals surface area contributed by atoms with Crippen LogP contribution in [-0.2, 0) is 32.7 Å². The number of hydrogen-bond donors (Lipinski definition) is 1. The monoisotopic (exact) mass is 779 g/mol. The number of carbonyl (C=O) groups excluding carboxylic acids is 2. The van der Waals surface area contributed by atoms with E-state index in [4.69, 9.17) is 18.5 Å². The lowest BCUT2D eigenvalue weighted by Gasteiger charge is -2.24. The van der Waals surface area contributed by atoms with Crippen molar-refractivity contribution < 1.29 is 42.1 Å². The number of phosphoric ester groups is 1. The Hall–Kier alpha value is -2.55. The van der Waals surface area contributed by atoms with Crippen molar-refractivity contribution in [1.82, 2.24) is 0 Å². The summed E-state index contributed by atoms with van der Waals surface area (Å²) >= 11 is 0. The highest BCUT2D eigenvalue weighted by Crippen LogP contribution is 2.43. The van der Waals surface area contributed by atoms with Crippen molar-refractivity contribution in [1.29, 1.82) is 0 Å². The molecule has 0 saturated carbocycles. The van der Waals surface area contributed by atoms with Gasteiger partial charge in [0.15, 0.2) is 6.10 Å². The molecule has 10 heteroatoms. The minimum atomic E-state index is -4.40. The van der Waals surface area contributed by atoms with Gasteiger partial charge in [0.2, 0.25) is 0 Å². The Morgan fingerprint density at radius 1 is 0.611 bits per heavy atom. The predicted octanol–water partition coefficient (Wildman–Crippen LogP) is 11.5. The van der Waals surface area contributed by atoms with E-state index < -0.39 is 32.5 Å². The van der Waals surface area contributed by atoms with Crippen molar-refractivity contribution in [3.8, 4) is 0 Å². The summed E-state index contributed by atoms with van der Waals surface area (Å²) in [7, 11) is 1.40. The van der Waals surface area contributed by atoms with Crippen LogP contribution in [0.15, 0.2) is 72.9 Å². The van der Waals surface area contributed by atoms with E-state index in [1.54, 1.807) is 6.08 Å². The Balaban J connectivity index is 4.56. The topological polar surface area (TPSA) is 108 Å². The molecule has 0 aliphatic carbocycles. The van der Waals surface area contributed by atoms with Crippen molar-refractivity contribution in [2.24, 2.45) is 0 Å². The molecular formula is C44H77NO8P+. The zero-order chi connectivity index (χ0) is 40.0. The minimum Gasteiger partial charge on any atom is -0.462 e. The van der Waals surface area contributed by atoms with Crippen LogP contribution >= 0.6 is 7.82 Å². The van der Waals surface area contributed by atoms with Gasteiger partial charge in [0, 0.05) is 6.42 Å². The van der Waals surface area contributed by atoms with Crippen molar-refractivity contribution in [3.63, 3.8) is 0 Å². The molecule has 0 aliphatic heterocycles. The first-order valence-electron chi connectivity index (χ1n) is 20.7. The van der Waals surface area contributed by atoms with Crippen molar-refractivity contribution >= 4 is 19.8 Å². The highest BCUT2D eigenvalue weighted by molar-refractivity contribution is 7.47. The molecule has 0 aromatic heterocycles. The van der Waals surface area contributed by atoms with Crippen molar-refractivity contribution in [3.05, 3.63) is 72.9 Å². The fourth-order valence-electron chi connectivity index (χ4n) is 5.02. The fourth-order valence-corrected chi connectivity index (χ4v) is 5.76. The summed E-state index contributed by atoms with van der Waals surface area (Å²) in [4.78, 5) is 35.2. The van der Waals surface area contributed by atoms with Crippen molar-refractivity contribution in [2.75, 3.05) is 47.5 Å². The second kappa shape index (κ2) is 36.1. The molecule has 0 radical (unpaired) electrons. The van der Waals surface area contributed by atoms with Gasteiger partial charge in [-0.05, 0) is 64.2 Å². The lowest BCUT2D eigenvalue weighted by Crippen LogP contribution is -2.37. The number of ether oxygens (including phenoxy) is 2. The molecule has 2 unspecified atom stereocenters. The predicted molar refractivity (Wildman–Crippen MR) is 224 cm³/mol. The fraction of sp³-hybridized carbons (Fsp3) is 0.682. The van der Waals surface area contributed by atoms with Gasteiger partial charge in [0.1, 0.15) is 19.8 Å². The largest absolute Gasteiger partial charge is 0.472 e. The van der Waals surface area contributed by atoms with Gasteiger partial charge in [-0.25, -0.2) is 4.57 Å². The van der Waals surface area contributed by atoms with Gasteiger partial charge in [-0.2, -0.15) is 0 Å². The van der Waals surface area contributed by atoms with Gasteiger partial charge in [-0.3, -0.25) is 18.6 Å². The Morgan fingerprint density at radius 2 is 1.11 bits per heavy atom. The maximum atomic E-state index is 12.6. The molecule has 2 atom stereocenters. The van der Waals surface area contributed by atoms with E-state index in [2.05, 4.69) is 68.5 Å². The van der Waals surface area contributed by atoms with Crippen molar-refractivity contribution in [2.45, 2.75) is 148 Å². The molecule has 0 amide bonds. The molecule has 0 aromatic rings. The normalized spacial score (nSPS) is 14.4. The molecule has 0 rings (SSSR count). The maximum Gasteiger partial charge on any atom is 0.472 e. The first kappa shape index (κ1) is 51.5. The van der Waals surface area contributed by atoms with Gasteiger partial charge in [0.05, 0.1) is 34.2 Å². The van der Waals surface area contributed by atoms with E-state index >= 15 is 0 Å². The van der Waals surface area contributed by atoms with E-state index in [1.165, 1.54) is 44.9 Å². The number of carbonyl (C=O) groups is 2. The molecule has 0 aromatic carbocycles. The highest BCUT2D eigenvalue weighted by Gasteiger charge is 2.26. The number of unbranched alkanes of at least 4 members (excludes halogenated alkanes) is 11. The smallest absolute Gasteiger partial charge is 0.462 e. The summed E-state index contributed by atoms with van der Waals surface area (Å²) in [6.45, 7) is 4.15. The van der Waals surface area contributed by atoms with Crippen LogP contribution in [0, 0.1) is 0 Å². The second-order valence-electron chi connectivity index (χ2n) is 14.7. The van der Waals surface area contributed by atoms with Crippen LogP contribution in [0.3, 0.4) is 0 Å². The molecule has 0 heterocycles. The Morgan fingerprint density at radius 3 is 1.65 bits per heavy atom. The average molecular weight is 779 g/mol. The number of nitrogens with zero attached hydrogens (tertiary/aromatic N) is 1. The van der Waals surface area contributed by atoms with Crippen LogP contribution < -0.4 is 0 Å². The summed E-state index contributed by atoms with van der Waals surface area (Å²) < 4.78 is 34.1. The molecule has 0 aliphatic rings. The minimum absolute atomic E-state index is 0.00364. The lowest BCUT2D eigenvalue weighted by atomic mass is 10.1. The summed E-state index contributed by atoms with van der Waals surface area (Å²) in [6, 6.07) is 0. The molecule has 0 saturated heterocycles. The molecule has 1 N–H and O–H groups in total. The zero-order valence-corrected chi connectivity index (χ0v) is 35.6. The lowest BCUT2D eigenvalue weighted by molar-refractivity contribution is -0.870. The van der Waals surface area contributed by atoms with E-state index in [9.17, 15) is 19.0 Å². The molecule has 0 spiro atoms. The molecule has 0 bridgehead atoms. The van der Waals surface area contributed by atoms with E-state index in [1.807, 2.05) is 33.3 Å². The maximum absolute atomic E-state index is 12.6. The van der Waals surface area contributed by atoms with Gasteiger partial charge >= 0.3 is 19.8 Å². The first-order valence-corrected chi connectivity index (χ1v) is 22.2. The Kier molecular flexibility index (Phi) is 34.4. The van der Waals surface area contributed by atoms with E-state index in [-0.39, 0.29) is 26.1 Å². The molecule has 310 valence electrons.